The highest BCUT2D eigenvalue weighted by Gasteiger charge is 2.18. The smallest absolute Gasteiger partial charge is 0.310 e. The summed E-state index contributed by atoms with van der Waals surface area (Å²) in [5.41, 5.74) is 4.45. The van der Waals surface area contributed by atoms with Gasteiger partial charge in [0.2, 0.25) is 0 Å². The summed E-state index contributed by atoms with van der Waals surface area (Å²) in [6.07, 6.45) is 2.62. The van der Waals surface area contributed by atoms with Crippen molar-refractivity contribution in [1.29, 1.82) is 0 Å². The summed E-state index contributed by atoms with van der Waals surface area (Å²) in [7, 11) is 1.36. The maximum Gasteiger partial charge on any atom is 0.310 e. The number of hydrogen-bond acceptors (Lipinski definition) is 4. The normalized spacial score (nSPS) is 11.3. The van der Waals surface area contributed by atoms with Crippen LogP contribution in [0.1, 0.15) is 22.3 Å². The molecule has 0 radical (unpaired) electrons. The average molecular weight is 517 g/mol. The van der Waals surface area contributed by atoms with Crippen molar-refractivity contribution in [3.63, 3.8) is 0 Å². The largest absolute Gasteiger partial charge is 0.494 e. The first-order valence-electron chi connectivity index (χ1n) is 13.0. The Morgan fingerprint density at radius 1 is 0.744 bits per heavy atom. The van der Waals surface area contributed by atoms with Crippen LogP contribution in [0.5, 0.6) is 5.75 Å². The lowest BCUT2D eigenvalue weighted by Crippen LogP contribution is -2.10. The highest BCUT2D eigenvalue weighted by molar-refractivity contribution is 6.08. The average Bonchev–Trinajstić information content (AvgIpc) is 3.50. The highest BCUT2D eigenvalue weighted by atomic mass is 16.5. The molecule has 0 aliphatic rings. The predicted octanol–water partition coefficient (Wildman–Crippen LogP) is 6.62. The zero-order valence-electron chi connectivity index (χ0n) is 21.7. The number of hydrogen-bond donors (Lipinski definition) is 0. The van der Waals surface area contributed by atoms with Crippen molar-refractivity contribution in [3.05, 3.63) is 114 Å². The Kier molecular flexibility index (Phi) is 6.59. The lowest BCUT2D eigenvalue weighted by Gasteiger charge is -2.10. The Balaban J connectivity index is 1.23. The van der Waals surface area contributed by atoms with Gasteiger partial charge in [-0.3, -0.25) is 14.2 Å². The topological polar surface area (TPSA) is 62.5 Å². The maximum atomic E-state index is 13.2. The third kappa shape index (κ3) is 4.66. The van der Waals surface area contributed by atoms with E-state index in [1.807, 2.05) is 36.4 Å². The van der Waals surface area contributed by atoms with Crippen LogP contribution < -0.4 is 4.74 Å². The summed E-state index contributed by atoms with van der Waals surface area (Å²) < 4.78 is 15.0. The van der Waals surface area contributed by atoms with Crippen molar-refractivity contribution in [2.24, 2.45) is 0 Å². The number of esters is 1. The van der Waals surface area contributed by atoms with Crippen LogP contribution in [0.25, 0.3) is 32.7 Å². The van der Waals surface area contributed by atoms with Crippen molar-refractivity contribution in [2.45, 2.75) is 19.4 Å². The van der Waals surface area contributed by atoms with Crippen LogP contribution >= 0.6 is 0 Å². The van der Waals surface area contributed by atoms with Gasteiger partial charge in [-0.25, -0.2) is 0 Å². The zero-order chi connectivity index (χ0) is 26.8. The second kappa shape index (κ2) is 10.5. The fourth-order valence-electron chi connectivity index (χ4n) is 5.28. The molecule has 0 atom stereocenters. The zero-order valence-corrected chi connectivity index (χ0v) is 21.7. The summed E-state index contributed by atoms with van der Waals surface area (Å²) >= 11 is 0. The molecule has 0 spiro atoms. The molecule has 0 bridgehead atoms. The molecule has 6 rings (SSSR count). The number of ether oxygens (including phenoxy) is 2. The van der Waals surface area contributed by atoms with Crippen LogP contribution in [0.4, 0.5) is 0 Å². The van der Waals surface area contributed by atoms with Crippen LogP contribution in [0, 0.1) is 0 Å². The number of carbonyl (C=O) groups is 2. The second-order valence-corrected chi connectivity index (χ2v) is 9.52. The van der Waals surface area contributed by atoms with Gasteiger partial charge < -0.3 is 14.0 Å². The number of benzene rings is 4. The lowest BCUT2D eigenvalue weighted by atomic mass is 10.1. The molecule has 6 nitrogen and oxygen atoms in total. The fourth-order valence-corrected chi connectivity index (χ4v) is 5.28. The summed E-state index contributed by atoms with van der Waals surface area (Å²) in [6, 6.07) is 31.7. The third-order valence-electron chi connectivity index (χ3n) is 7.14. The fraction of sp³-hybridized carbons (Fsp3) is 0.152. The Bertz CT molecular complexity index is 1760. The highest BCUT2D eigenvalue weighted by Crippen LogP contribution is 2.30. The van der Waals surface area contributed by atoms with Crippen LogP contribution in [-0.4, -0.2) is 34.7 Å². The van der Waals surface area contributed by atoms with Crippen molar-refractivity contribution >= 4 is 44.6 Å². The Morgan fingerprint density at radius 2 is 1.41 bits per heavy atom. The Labute approximate surface area is 226 Å². The first-order chi connectivity index (χ1) is 19.1. The molecule has 0 fully saturated rings. The van der Waals surface area contributed by atoms with Gasteiger partial charge in [0.1, 0.15) is 5.75 Å². The molecule has 194 valence electrons. The third-order valence-corrected chi connectivity index (χ3v) is 7.14. The van der Waals surface area contributed by atoms with E-state index in [4.69, 9.17) is 9.47 Å². The van der Waals surface area contributed by atoms with Crippen LogP contribution in [0.15, 0.2) is 103 Å². The van der Waals surface area contributed by atoms with E-state index in [1.54, 1.807) is 22.9 Å². The number of rotatable bonds is 8. The van der Waals surface area contributed by atoms with E-state index in [9.17, 15) is 9.59 Å². The lowest BCUT2D eigenvalue weighted by molar-refractivity contribution is -0.139. The van der Waals surface area contributed by atoms with Crippen LogP contribution in [0.2, 0.25) is 0 Å². The van der Waals surface area contributed by atoms with Crippen molar-refractivity contribution in [3.8, 4) is 5.75 Å². The standard InChI is InChI=1S/C33H28N2O4/c1-38-32(36)20-24-22-35(33(37)23-10-3-2-4-11-23)31-17-16-25(21-28(24)31)39-19-9-18-34-29-14-7-5-12-26(29)27-13-6-8-15-30(27)34/h2-8,10-17,21-22H,9,18-20H2,1H3. The van der Waals surface area contributed by atoms with Gasteiger partial charge in [0.25, 0.3) is 5.91 Å². The number of aromatic nitrogens is 2. The van der Waals surface area contributed by atoms with Crippen LogP contribution in [-0.2, 0) is 22.5 Å². The van der Waals surface area contributed by atoms with E-state index in [2.05, 4.69) is 53.1 Å². The SMILES string of the molecule is COC(=O)Cc1cn(C(=O)c2ccccc2)c2ccc(OCCCn3c4ccccc4c4ccccc43)cc12. The molecule has 6 aromatic rings. The van der Waals surface area contributed by atoms with Crippen molar-refractivity contribution < 1.29 is 19.1 Å². The molecule has 4 aromatic carbocycles. The van der Waals surface area contributed by atoms with E-state index >= 15 is 0 Å². The number of methoxy groups -OCH3 is 1. The molecule has 0 N–H and O–H groups in total. The van der Waals surface area contributed by atoms with Gasteiger partial charge in [0, 0.05) is 45.5 Å². The second-order valence-electron chi connectivity index (χ2n) is 9.52. The van der Waals surface area contributed by atoms with E-state index in [0.29, 0.717) is 17.9 Å². The summed E-state index contributed by atoms with van der Waals surface area (Å²) in [5, 5.41) is 3.31. The van der Waals surface area contributed by atoms with Crippen LogP contribution in [0.3, 0.4) is 0 Å². The molecular weight excluding hydrogens is 488 g/mol. The minimum atomic E-state index is -0.362. The summed E-state index contributed by atoms with van der Waals surface area (Å²) in [6.45, 7) is 1.36. The molecule has 0 aliphatic carbocycles. The predicted molar refractivity (Wildman–Crippen MR) is 153 cm³/mol. The van der Waals surface area contributed by atoms with Gasteiger partial charge in [0.15, 0.2) is 0 Å². The molecule has 0 amide bonds. The van der Waals surface area contributed by atoms with Gasteiger partial charge in [-0.1, -0.05) is 54.6 Å². The quantitative estimate of drug-likeness (QED) is 0.168. The molecule has 2 heterocycles. The number of fused-ring (bicyclic) bond motifs is 4. The number of aryl methyl sites for hydroxylation is 1. The number of carbonyl (C=O) groups excluding carboxylic acids is 2. The van der Waals surface area contributed by atoms with Gasteiger partial charge in [-0.2, -0.15) is 0 Å². The number of nitrogens with zero attached hydrogens (tertiary/aromatic N) is 2. The summed E-state index contributed by atoms with van der Waals surface area (Å²) in [5.74, 6) is 0.177. The molecule has 0 aliphatic heterocycles. The minimum absolute atomic E-state index is 0.0688. The van der Waals surface area contributed by atoms with E-state index in [-0.39, 0.29) is 18.3 Å². The van der Waals surface area contributed by atoms with Crippen molar-refractivity contribution in [2.75, 3.05) is 13.7 Å². The molecule has 2 aromatic heterocycles. The van der Waals surface area contributed by atoms with Gasteiger partial charge in [-0.05, 0) is 54.4 Å². The van der Waals surface area contributed by atoms with Gasteiger partial charge in [0.05, 0.1) is 25.7 Å². The van der Waals surface area contributed by atoms with Gasteiger partial charge in [-0.15, -0.1) is 0 Å². The van der Waals surface area contributed by atoms with Crippen molar-refractivity contribution in [1.82, 2.24) is 9.13 Å². The van der Waals surface area contributed by atoms with Gasteiger partial charge >= 0.3 is 5.97 Å². The molecule has 0 saturated carbocycles. The monoisotopic (exact) mass is 516 g/mol. The first kappa shape index (κ1) is 24.5. The first-order valence-corrected chi connectivity index (χ1v) is 13.0. The number of para-hydroxylation sites is 2. The Morgan fingerprint density at radius 3 is 2.10 bits per heavy atom. The van der Waals surface area contributed by atoms with E-state index < -0.39 is 0 Å². The summed E-state index contributed by atoms with van der Waals surface area (Å²) in [4.78, 5) is 25.4. The molecular formula is C33H28N2O4. The molecule has 0 unspecified atom stereocenters. The van der Waals surface area contributed by atoms with E-state index in [0.717, 1.165) is 29.4 Å². The molecule has 39 heavy (non-hydrogen) atoms. The minimum Gasteiger partial charge on any atom is -0.494 e. The Hall–Kier alpha value is -4.84. The molecule has 6 heteroatoms. The molecule has 0 saturated heterocycles. The maximum absolute atomic E-state index is 13.2. The van der Waals surface area contributed by atoms with E-state index in [1.165, 1.54) is 28.9 Å².